The number of rotatable bonds is 3. The number of hydrogen-bond donors (Lipinski definition) is 1. The van der Waals surface area contributed by atoms with Gasteiger partial charge < -0.3 is 10.0 Å². The zero-order valence-corrected chi connectivity index (χ0v) is 11.2. The van der Waals surface area contributed by atoms with E-state index in [0.717, 1.165) is 12.1 Å². The third-order valence-corrected chi connectivity index (χ3v) is 2.90. The van der Waals surface area contributed by atoms with Gasteiger partial charge in [-0.05, 0) is 12.1 Å². The molecule has 1 N–H and O–H groups in total. The van der Waals surface area contributed by atoms with E-state index >= 15 is 0 Å². The van der Waals surface area contributed by atoms with Crippen LogP contribution in [0, 0.1) is 11.6 Å². The fourth-order valence-electron chi connectivity index (χ4n) is 1.94. The molecule has 0 saturated carbocycles. The number of carboxylic acids is 1. The summed E-state index contributed by atoms with van der Waals surface area (Å²) in [6, 6.07) is 3.42. The van der Waals surface area contributed by atoms with Crippen molar-refractivity contribution in [2.45, 2.75) is 0 Å². The number of benzene rings is 1. The molecule has 0 radical (unpaired) electrons. The van der Waals surface area contributed by atoms with E-state index in [2.05, 4.69) is 5.10 Å². The van der Waals surface area contributed by atoms with Gasteiger partial charge in [0.25, 0.3) is 0 Å². The van der Waals surface area contributed by atoms with Gasteiger partial charge in [0.05, 0.1) is 5.69 Å². The van der Waals surface area contributed by atoms with E-state index in [9.17, 15) is 13.6 Å². The molecule has 0 spiro atoms. The first-order chi connectivity index (χ1) is 9.31. The minimum Gasteiger partial charge on any atom is -0.476 e. The van der Waals surface area contributed by atoms with Gasteiger partial charge in [0.2, 0.25) is 0 Å². The molecule has 0 aliphatic rings. The number of nitrogens with zero attached hydrogens (tertiary/aromatic N) is 3. The second kappa shape index (κ2) is 4.92. The highest BCUT2D eigenvalue weighted by Gasteiger charge is 2.18. The van der Waals surface area contributed by atoms with Gasteiger partial charge in [0.15, 0.2) is 17.3 Å². The van der Waals surface area contributed by atoms with Crippen molar-refractivity contribution in [3.8, 4) is 11.3 Å². The molecule has 5 nitrogen and oxygen atoms in total. The van der Waals surface area contributed by atoms with Crippen LogP contribution in [-0.4, -0.2) is 35.0 Å². The minimum absolute atomic E-state index is 0.156. The molecule has 2 rings (SSSR count). The molecule has 7 heteroatoms. The predicted molar refractivity (Wildman–Crippen MR) is 69.8 cm³/mol. The van der Waals surface area contributed by atoms with Crippen molar-refractivity contribution in [2.75, 3.05) is 19.0 Å². The van der Waals surface area contributed by atoms with Crippen molar-refractivity contribution in [3.63, 3.8) is 0 Å². The van der Waals surface area contributed by atoms with Crippen molar-refractivity contribution in [2.24, 2.45) is 7.05 Å². The Morgan fingerprint density at radius 1 is 1.25 bits per heavy atom. The molecule has 1 aromatic heterocycles. The molecule has 1 aromatic carbocycles. The quantitative estimate of drug-likeness (QED) is 0.936. The highest BCUT2D eigenvalue weighted by Crippen LogP contribution is 2.32. The maximum absolute atomic E-state index is 13.5. The van der Waals surface area contributed by atoms with Gasteiger partial charge in [0, 0.05) is 38.5 Å². The van der Waals surface area contributed by atoms with Crippen molar-refractivity contribution >= 4 is 11.7 Å². The summed E-state index contributed by atoms with van der Waals surface area (Å²) in [6.45, 7) is 0. The number of carboxylic acid groups (broad SMARTS) is 1. The topological polar surface area (TPSA) is 58.4 Å². The van der Waals surface area contributed by atoms with Crippen LogP contribution in [0.25, 0.3) is 11.3 Å². The fourth-order valence-corrected chi connectivity index (χ4v) is 1.94. The van der Waals surface area contributed by atoms with Crippen molar-refractivity contribution < 1.29 is 18.7 Å². The maximum atomic E-state index is 13.5. The summed E-state index contributed by atoms with van der Waals surface area (Å²) in [5, 5.41) is 12.7. The van der Waals surface area contributed by atoms with Crippen LogP contribution in [0.3, 0.4) is 0 Å². The van der Waals surface area contributed by atoms with Gasteiger partial charge in [-0.25, -0.2) is 13.6 Å². The van der Waals surface area contributed by atoms with Crippen molar-refractivity contribution in [3.05, 3.63) is 35.5 Å². The Balaban J connectivity index is 2.68. The van der Waals surface area contributed by atoms with Gasteiger partial charge >= 0.3 is 5.97 Å². The average molecular weight is 281 g/mol. The number of halogens is 2. The second-order valence-electron chi connectivity index (χ2n) is 4.52. The molecule has 0 aliphatic carbocycles. The van der Waals surface area contributed by atoms with E-state index in [1.165, 1.54) is 10.7 Å². The molecule has 0 saturated heterocycles. The molecular formula is C13H13F2N3O2. The third kappa shape index (κ3) is 2.34. The summed E-state index contributed by atoms with van der Waals surface area (Å²) < 4.78 is 28.1. The first kappa shape index (κ1) is 14.0. The standard InChI is InChI=1S/C13H13F2N3O2/c1-17(2)11-5-9(15)8(14)4-7(11)12-6-10(13(19)20)16-18(12)3/h4-6H,1-3H3,(H,19,20). The minimum atomic E-state index is -1.18. The second-order valence-corrected chi connectivity index (χ2v) is 4.52. The van der Waals surface area contributed by atoms with Gasteiger partial charge in [-0.15, -0.1) is 0 Å². The van der Waals surface area contributed by atoms with E-state index in [-0.39, 0.29) is 5.69 Å². The maximum Gasteiger partial charge on any atom is 0.356 e. The SMILES string of the molecule is CN(C)c1cc(F)c(F)cc1-c1cc(C(=O)O)nn1C. The van der Waals surface area contributed by atoms with Crippen LogP contribution in [0.1, 0.15) is 10.5 Å². The summed E-state index contributed by atoms with van der Waals surface area (Å²) in [7, 11) is 4.91. The molecule has 0 amide bonds. The van der Waals surface area contributed by atoms with E-state index in [0.29, 0.717) is 16.9 Å². The van der Waals surface area contributed by atoms with Gasteiger partial charge in [-0.2, -0.15) is 5.10 Å². The lowest BCUT2D eigenvalue weighted by Crippen LogP contribution is -2.11. The van der Waals surface area contributed by atoms with E-state index < -0.39 is 17.6 Å². The fraction of sp³-hybridized carbons (Fsp3) is 0.231. The van der Waals surface area contributed by atoms with Crippen LogP contribution in [0.5, 0.6) is 0 Å². The highest BCUT2D eigenvalue weighted by atomic mass is 19.2. The number of anilines is 1. The number of aromatic nitrogens is 2. The lowest BCUT2D eigenvalue weighted by atomic mass is 10.1. The van der Waals surface area contributed by atoms with E-state index in [1.807, 2.05) is 0 Å². The van der Waals surface area contributed by atoms with E-state index in [4.69, 9.17) is 5.11 Å². The van der Waals surface area contributed by atoms with Crippen LogP contribution < -0.4 is 4.90 Å². The Morgan fingerprint density at radius 3 is 2.35 bits per heavy atom. The molecule has 0 unspecified atom stereocenters. The van der Waals surface area contributed by atoms with Crippen LogP contribution in [-0.2, 0) is 7.05 Å². The number of aromatic carboxylic acids is 1. The molecule has 0 atom stereocenters. The van der Waals surface area contributed by atoms with Crippen molar-refractivity contribution in [1.29, 1.82) is 0 Å². The number of hydrogen-bond acceptors (Lipinski definition) is 3. The monoisotopic (exact) mass is 281 g/mol. The van der Waals surface area contributed by atoms with Crippen LogP contribution in [0.4, 0.5) is 14.5 Å². The Bertz CT molecular complexity index is 680. The zero-order chi connectivity index (χ0) is 15.0. The Morgan fingerprint density at radius 2 is 1.85 bits per heavy atom. The lowest BCUT2D eigenvalue weighted by molar-refractivity contribution is 0.0689. The molecule has 2 aromatic rings. The van der Waals surface area contributed by atoms with Gasteiger partial charge in [0.1, 0.15) is 0 Å². The van der Waals surface area contributed by atoms with Crippen LogP contribution in [0.15, 0.2) is 18.2 Å². The summed E-state index contributed by atoms with van der Waals surface area (Å²) >= 11 is 0. The molecule has 1 heterocycles. The summed E-state index contributed by atoms with van der Waals surface area (Å²) in [5.41, 5.74) is 1.04. The largest absolute Gasteiger partial charge is 0.476 e. The average Bonchev–Trinajstić information content (AvgIpc) is 2.74. The van der Waals surface area contributed by atoms with Crippen LogP contribution in [0.2, 0.25) is 0 Å². The summed E-state index contributed by atoms with van der Waals surface area (Å²) in [5.74, 6) is -3.14. The third-order valence-electron chi connectivity index (χ3n) is 2.90. The Labute approximate surface area is 114 Å². The molecule has 106 valence electrons. The zero-order valence-electron chi connectivity index (χ0n) is 11.2. The summed E-state index contributed by atoms with van der Waals surface area (Å²) in [6.07, 6.45) is 0. The molecule has 0 aliphatic heterocycles. The first-order valence-electron chi connectivity index (χ1n) is 5.75. The highest BCUT2D eigenvalue weighted by molar-refractivity contribution is 5.88. The molecule has 0 fully saturated rings. The smallest absolute Gasteiger partial charge is 0.356 e. The molecule has 0 bridgehead atoms. The van der Waals surface area contributed by atoms with Gasteiger partial charge in [-0.1, -0.05) is 0 Å². The Kier molecular flexibility index (Phi) is 3.44. The molecular weight excluding hydrogens is 268 g/mol. The summed E-state index contributed by atoms with van der Waals surface area (Å²) in [4.78, 5) is 12.5. The van der Waals surface area contributed by atoms with Crippen molar-refractivity contribution in [1.82, 2.24) is 9.78 Å². The Hall–Kier alpha value is -2.44. The number of aryl methyl sites for hydroxylation is 1. The van der Waals surface area contributed by atoms with E-state index in [1.54, 1.807) is 26.0 Å². The van der Waals surface area contributed by atoms with Gasteiger partial charge in [-0.3, -0.25) is 4.68 Å². The first-order valence-corrected chi connectivity index (χ1v) is 5.75. The molecule has 20 heavy (non-hydrogen) atoms. The van der Waals surface area contributed by atoms with Crippen LogP contribution >= 0.6 is 0 Å². The number of carbonyl (C=O) groups is 1. The normalized spacial score (nSPS) is 10.7. The lowest BCUT2D eigenvalue weighted by Gasteiger charge is -2.18. The predicted octanol–water partition coefficient (Wildman–Crippen LogP) is 2.13.